The number of aliphatic carboxylic acids is 1. The Morgan fingerprint density at radius 1 is 0.667 bits per heavy atom. The standard InChI is InChI=1S/C39H56N2O13/c1-39(2,3)54-36(44)13-12-34(41-38(46)53-28-33-31-10-6-4-8-29(31)30-9-5-7-11-32(30)33)37(45)40-15-17-48-19-21-50-23-25-52-27-26-51-24-22-49-20-18-47-16-14-35(42)43/h4-11,33-34H,12-28H2,1-3H3,(H,40,45)(H,41,46)(H,42,43). The Morgan fingerprint density at radius 2 is 1.13 bits per heavy atom. The fraction of sp³-hybridized carbons (Fsp3) is 0.590. The van der Waals surface area contributed by atoms with Gasteiger partial charge in [0.25, 0.3) is 0 Å². The molecule has 0 heterocycles. The van der Waals surface area contributed by atoms with E-state index in [9.17, 15) is 19.2 Å². The highest BCUT2D eigenvalue weighted by molar-refractivity contribution is 5.86. The number of hydrogen-bond acceptors (Lipinski definition) is 12. The summed E-state index contributed by atoms with van der Waals surface area (Å²) in [6.45, 7) is 9.71. The molecule has 3 N–H and O–H groups in total. The summed E-state index contributed by atoms with van der Waals surface area (Å²) in [5, 5.41) is 13.9. The number of carbonyl (C=O) groups is 4. The van der Waals surface area contributed by atoms with Crippen molar-refractivity contribution < 1.29 is 62.2 Å². The highest BCUT2D eigenvalue weighted by atomic mass is 16.6. The van der Waals surface area contributed by atoms with Crippen LogP contribution in [-0.2, 0) is 52.3 Å². The van der Waals surface area contributed by atoms with E-state index < -0.39 is 35.6 Å². The molecule has 15 heteroatoms. The first-order chi connectivity index (χ1) is 26.0. The summed E-state index contributed by atoms with van der Waals surface area (Å²) in [5.41, 5.74) is 3.67. The van der Waals surface area contributed by atoms with E-state index in [4.69, 9.17) is 43.0 Å². The topological polar surface area (TPSA) is 186 Å². The van der Waals surface area contributed by atoms with E-state index in [1.807, 2.05) is 36.4 Å². The summed E-state index contributed by atoms with van der Waals surface area (Å²) < 4.78 is 43.4. The summed E-state index contributed by atoms with van der Waals surface area (Å²) in [5.74, 6) is -1.98. The molecule has 15 nitrogen and oxygen atoms in total. The summed E-state index contributed by atoms with van der Waals surface area (Å²) >= 11 is 0. The Kier molecular flexibility index (Phi) is 20.5. The molecular formula is C39H56N2O13. The fourth-order valence-electron chi connectivity index (χ4n) is 5.44. The third-order valence-corrected chi connectivity index (χ3v) is 7.88. The van der Waals surface area contributed by atoms with Crippen LogP contribution in [0.2, 0.25) is 0 Å². The lowest BCUT2D eigenvalue weighted by molar-refractivity contribution is -0.155. The molecule has 0 saturated carbocycles. The zero-order valence-electron chi connectivity index (χ0n) is 31.6. The van der Waals surface area contributed by atoms with Crippen LogP contribution in [0.5, 0.6) is 0 Å². The van der Waals surface area contributed by atoms with Crippen LogP contribution in [0.15, 0.2) is 48.5 Å². The van der Waals surface area contributed by atoms with Crippen LogP contribution in [0.1, 0.15) is 57.1 Å². The van der Waals surface area contributed by atoms with Gasteiger partial charge in [0.15, 0.2) is 0 Å². The second-order valence-corrected chi connectivity index (χ2v) is 13.3. The number of rotatable bonds is 28. The highest BCUT2D eigenvalue weighted by Crippen LogP contribution is 2.44. The first kappa shape index (κ1) is 44.3. The van der Waals surface area contributed by atoms with Gasteiger partial charge in [-0.1, -0.05) is 48.5 Å². The minimum absolute atomic E-state index is 0.0247. The van der Waals surface area contributed by atoms with Gasteiger partial charge in [-0.3, -0.25) is 14.4 Å². The van der Waals surface area contributed by atoms with Crippen molar-refractivity contribution in [3.8, 4) is 11.1 Å². The van der Waals surface area contributed by atoms with Crippen molar-refractivity contribution in [1.29, 1.82) is 0 Å². The van der Waals surface area contributed by atoms with Crippen molar-refractivity contribution in [1.82, 2.24) is 10.6 Å². The number of alkyl carbamates (subject to hydrolysis) is 1. The molecule has 1 atom stereocenters. The van der Waals surface area contributed by atoms with Crippen LogP contribution in [-0.4, -0.2) is 133 Å². The van der Waals surface area contributed by atoms with Gasteiger partial charge in [0.1, 0.15) is 18.2 Å². The monoisotopic (exact) mass is 760 g/mol. The van der Waals surface area contributed by atoms with E-state index >= 15 is 0 Å². The smallest absolute Gasteiger partial charge is 0.407 e. The molecule has 0 radical (unpaired) electrons. The van der Waals surface area contributed by atoms with Crippen molar-refractivity contribution in [2.24, 2.45) is 0 Å². The van der Waals surface area contributed by atoms with Gasteiger partial charge in [-0.05, 0) is 49.4 Å². The second kappa shape index (κ2) is 25.1. The Bertz CT molecular complexity index is 1390. The minimum atomic E-state index is -1.03. The van der Waals surface area contributed by atoms with Gasteiger partial charge in [0, 0.05) is 18.9 Å². The predicted octanol–water partition coefficient (Wildman–Crippen LogP) is 3.71. The largest absolute Gasteiger partial charge is 0.481 e. The van der Waals surface area contributed by atoms with Crippen LogP contribution >= 0.6 is 0 Å². The van der Waals surface area contributed by atoms with Crippen molar-refractivity contribution in [2.75, 3.05) is 92.4 Å². The number of fused-ring (bicyclic) bond motifs is 3. The number of ether oxygens (including phenoxy) is 8. The molecule has 0 bridgehead atoms. The molecule has 0 fully saturated rings. The van der Waals surface area contributed by atoms with Crippen LogP contribution in [0.25, 0.3) is 11.1 Å². The number of carboxylic acids is 1. The first-order valence-electron chi connectivity index (χ1n) is 18.3. The number of nitrogens with one attached hydrogen (secondary N) is 2. The van der Waals surface area contributed by atoms with Crippen LogP contribution in [0.3, 0.4) is 0 Å². The van der Waals surface area contributed by atoms with Crippen molar-refractivity contribution in [3.63, 3.8) is 0 Å². The fourth-order valence-corrected chi connectivity index (χ4v) is 5.44. The average molecular weight is 761 g/mol. The molecular weight excluding hydrogens is 704 g/mol. The van der Waals surface area contributed by atoms with Gasteiger partial charge in [0.05, 0.1) is 85.7 Å². The second-order valence-electron chi connectivity index (χ2n) is 13.3. The Balaban J connectivity index is 1.26. The van der Waals surface area contributed by atoms with Crippen molar-refractivity contribution in [2.45, 2.75) is 57.6 Å². The van der Waals surface area contributed by atoms with Crippen LogP contribution in [0.4, 0.5) is 4.79 Å². The third-order valence-electron chi connectivity index (χ3n) is 7.88. The Labute approximate surface area is 317 Å². The van der Waals surface area contributed by atoms with E-state index in [1.54, 1.807) is 20.8 Å². The number of benzene rings is 2. The lowest BCUT2D eigenvalue weighted by Crippen LogP contribution is -2.48. The summed E-state index contributed by atoms with van der Waals surface area (Å²) in [7, 11) is 0. The van der Waals surface area contributed by atoms with E-state index in [2.05, 4.69) is 22.8 Å². The average Bonchev–Trinajstić information content (AvgIpc) is 3.45. The SMILES string of the molecule is CC(C)(C)OC(=O)CCC(NC(=O)OCC1c2ccccc2-c2ccccc21)C(=O)NCCOCCOCCOCCOCCOCCOCCC(=O)O. The summed E-state index contributed by atoms with van der Waals surface area (Å²) in [6, 6.07) is 15.0. The van der Waals surface area contributed by atoms with Gasteiger partial charge in [-0.2, -0.15) is 0 Å². The molecule has 1 aliphatic carbocycles. The first-order valence-corrected chi connectivity index (χ1v) is 18.3. The molecule has 0 aromatic heterocycles. The summed E-state index contributed by atoms with van der Waals surface area (Å²) in [4.78, 5) is 48.9. The number of hydrogen-bond donors (Lipinski definition) is 3. The molecule has 0 spiro atoms. The number of esters is 1. The third kappa shape index (κ3) is 17.8. The van der Waals surface area contributed by atoms with E-state index in [0.717, 1.165) is 22.3 Å². The molecule has 2 amide bonds. The Morgan fingerprint density at radius 3 is 1.61 bits per heavy atom. The number of carbonyl (C=O) groups excluding carboxylic acids is 3. The maximum atomic E-state index is 13.1. The molecule has 2 aromatic rings. The zero-order valence-corrected chi connectivity index (χ0v) is 31.6. The van der Waals surface area contributed by atoms with Gasteiger partial charge in [-0.25, -0.2) is 4.79 Å². The summed E-state index contributed by atoms with van der Waals surface area (Å²) in [6.07, 6.45) is -0.835. The highest BCUT2D eigenvalue weighted by Gasteiger charge is 2.30. The Hall–Kier alpha value is -4.12. The lowest BCUT2D eigenvalue weighted by Gasteiger charge is -2.22. The molecule has 54 heavy (non-hydrogen) atoms. The molecule has 300 valence electrons. The lowest BCUT2D eigenvalue weighted by atomic mass is 9.98. The van der Waals surface area contributed by atoms with Crippen molar-refractivity contribution in [3.05, 3.63) is 59.7 Å². The van der Waals surface area contributed by atoms with E-state index in [0.29, 0.717) is 66.1 Å². The number of amides is 2. The van der Waals surface area contributed by atoms with Gasteiger partial charge in [-0.15, -0.1) is 0 Å². The van der Waals surface area contributed by atoms with Gasteiger partial charge >= 0.3 is 18.0 Å². The normalized spacial score (nSPS) is 12.8. The molecule has 1 unspecified atom stereocenters. The molecule has 0 saturated heterocycles. The van der Waals surface area contributed by atoms with Gasteiger partial charge < -0.3 is 53.6 Å². The molecule has 1 aliphatic rings. The quantitative estimate of drug-likeness (QED) is 0.0843. The molecule has 3 rings (SSSR count). The molecule has 2 aromatic carbocycles. The van der Waals surface area contributed by atoms with Gasteiger partial charge in [0.2, 0.25) is 5.91 Å². The van der Waals surface area contributed by atoms with E-state index in [-0.39, 0.29) is 51.5 Å². The van der Waals surface area contributed by atoms with Crippen LogP contribution in [0, 0.1) is 0 Å². The maximum Gasteiger partial charge on any atom is 0.407 e. The maximum absolute atomic E-state index is 13.1. The predicted molar refractivity (Wildman–Crippen MR) is 197 cm³/mol. The zero-order chi connectivity index (χ0) is 39.0. The van der Waals surface area contributed by atoms with Crippen LogP contribution < -0.4 is 10.6 Å². The van der Waals surface area contributed by atoms with Crippen molar-refractivity contribution >= 4 is 23.9 Å². The number of carboxylic acid groups (broad SMARTS) is 1. The van der Waals surface area contributed by atoms with E-state index in [1.165, 1.54) is 0 Å². The minimum Gasteiger partial charge on any atom is -0.481 e. The molecule has 0 aliphatic heterocycles.